The van der Waals surface area contributed by atoms with Crippen LogP contribution in [0, 0.1) is 6.92 Å². The average Bonchev–Trinajstić information content (AvgIpc) is 3.07. The number of rotatable bonds is 5. The Balaban J connectivity index is 2.13. The van der Waals surface area contributed by atoms with E-state index in [1.54, 1.807) is 18.7 Å². The van der Waals surface area contributed by atoms with E-state index in [4.69, 9.17) is 4.74 Å². The van der Waals surface area contributed by atoms with Crippen LogP contribution in [0.5, 0.6) is 0 Å². The Morgan fingerprint density at radius 2 is 2.14 bits per heavy atom. The molecule has 116 valence electrons. The van der Waals surface area contributed by atoms with Crippen LogP contribution in [0.1, 0.15) is 24.5 Å². The van der Waals surface area contributed by atoms with Crippen LogP contribution in [0.15, 0.2) is 24.4 Å². The Morgan fingerprint density at radius 3 is 2.82 bits per heavy atom. The van der Waals surface area contributed by atoms with Crippen LogP contribution in [0.4, 0.5) is 0 Å². The zero-order chi connectivity index (χ0) is 15.7. The molecule has 0 fully saturated rings. The van der Waals surface area contributed by atoms with Crippen molar-refractivity contribution in [1.82, 2.24) is 24.1 Å². The molecule has 0 saturated heterocycles. The first kappa shape index (κ1) is 14.7. The van der Waals surface area contributed by atoms with Crippen molar-refractivity contribution in [3.05, 3.63) is 35.9 Å². The SMILES string of the molecule is COCCn1nc(C(C)O)nc1-c1nc2ccccn2c1C. The molecule has 7 nitrogen and oxygen atoms in total. The second-order valence-corrected chi connectivity index (χ2v) is 5.16. The number of hydrogen-bond acceptors (Lipinski definition) is 5. The molecule has 3 heterocycles. The number of fused-ring (bicyclic) bond motifs is 1. The normalized spacial score (nSPS) is 12.9. The van der Waals surface area contributed by atoms with E-state index in [-0.39, 0.29) is 0 Å². The second kappa shape index (κ2) is 5.86. The van der Waals surface area contributed by atoms with Gasteiger partial charge in [0.1, 0.15) is 17.4 Å². The molecule has 0 aliphatic carbocycles. The first-order valence-corrected chi connectivity index (χ1v) is 7.17. The van der Waals surface area contributed by atoms with Gasteiger partial charge in [-0.3, -0.25) is 0 Å². The molecule has 3 aromatic rings. The number of aliphatic hydroxyl groups is 1. The zero-order valence-electron chi connectivity index (χ0n) is 12.9. The molecule has 0 aliphatic rings. The largest absolute Gasteiger partial charge is 0.385 e. The molecule has 0 radical (unpaired) electrons. The third-order valence-corrected chi connectivity index (χ3v) is 3.55. The highest BCUT2D eigenvalue weighted by molar-refractivity contribution is 5.60. The maximum atomic E-state index is 9.75. The molecule has 1 N–H and O–H groups in total. The molecule has 0 amide bonds. The Labute approximate surface area is 128 Å². The summed E-state index contributed by atoms with van der Waals surface area (Å²) in [6, 6.07) is 5.85. The van der Waals surface area contributed by atoms with Gasteiger partial charge in [0.15, 0.2) is 11.6 Å². The van der Waals surface area contributed by atoms with Crippen molar-refractivity contribution in [1.29, 1.82) is 0 Å². The predicted octanol–water partition coefficient (Wildman–Crippen LogP) is 1.60. The lowest BCUT2D eigenvalue weighted by molar-refractivity contribution is 0.178. The van der Waals surface area contributed by atoms with Crippen LogP contribution in [-0.2, 0) is 11.3 Å². The third kappa shape index (κ3) is 2.49. The fraction of sp³-hybridized carbons (Fsp3) is 0.400. The number of pyridine rings is 1. The molecular weight excluding hydrogens is 282 g/mol. The van der Waals surface area contributed by atoms with Crippen molar-refractivity contribution >= 4 is 5.65 Å². The third-order valence-electron chi connectivity index (χ3n) is 3.55. The lowest BCUT2D eigenvalue weighted by Crippen LogP contribution is -2.08. The van der Waals surface area contributed by atoms with Crippen LogP contribution >= 0.6 is 0 Å². The number of nitrogens with zero attached hydrogens (tertiary/aromatic N) is 5. The fourth-order valence-electron chi connectivity index (χ4n) is 2.38. The lowest BCUT2D eigenvalue weighted by Gasteiger charge is -2.03. The first-order chi connectivity index (χ1) is 10.6. The van der Waals surface area contributed by atoms with Crippen LogP contribution in [-0.4, -0.2) is 43.0 Å². The quantitative estimate of drug-likeness (QED) is 0.774. The Morgan fingerprint density at radius 1 is 1.32 bits per heavy atom. The highest BCUT2D eigenvalue weighted by atomic mass is 16.5. The van der Waals surface area contributed by atoms with Gasteiger partial charge in [-0.15, -0.1) is 0 Å². The molecule has 7 heteroatoms. The zero-order valence-corrected chi connectivity index (χ0v) is 12.9. The molecule has 0 bridgehead atoms. The fourth-order valence-corrected chi connectivity index (χ4v) is 2.38. The number of aryl methyl sites for hydroxylation is 1. The summed E-state index contributed by atoms with van der Waals surface area (Å²) in [5.74, 6) is 1.04. The summed E-state index contributed by atoms with van der Waals surface area (Å²) in [7, 11) is 1.64. The van der Waals surface area contributed by atoms with Crippen LogP contribution in [0.25, 0.3) is 17.2 Å². The maximum Gasteiger partial charge on any atom is 0.179 e. The van der Waals surface area contributed by atoms with Gasteiger partial charge in [0.05, 0.1) is 18.8 Å². The van der Waals surface area contributed by atoms with Crippen LogP contribution in [0.3, 0.4) is 0 Å². The summed E-state index contributed by atoms with van der Waals surface area (Å²) in [4.78, 5) is 9.10. The number of aliphatic hydroxyl groups excluding tert-OH is 1. The van der Waals surface area contributed by atoms with Crippen molar-refractivity contribution in [3.63, 3.8) is 0 Å². The van der Waals surface area contributed by atoms with E-state index in [1.807, 2.05) is 35.7 Å². The Bertz CT molecular complexity index is 790. The summed E-state index contributed by atoms with van der Waals surface area (Å²) in [5.41, 5.74) is 2.61. The van der Waals surface area contributed by atoms with E-state index < -0.39 is 6.10 Å². The van der Waals surface area contributed by atoms with Gasteiger partial charge in [0.25, 0.3) is 0 Å². The van der Waals surface area contributed by atoms with Gasteiger partial charge >= 0.3 is 0 Å². The van der Waals surface area contributed by atoms with Crippen molar-refractivity contribution in [3.8, 4) is 11.5 Å². The molecule has 0 saturated carbocycles. The van der Waals surface area contributed by atoms with Crippen LogP contribution in [0.2, 0.25) is 0 Å². The van der Waals surface area contributed by atoms with Gasteiger partial charge in [0, 0.05) is 13.3 Å². The summed E-state index contributed by atoms with van der Waals surface area (Å²) in [6.07, 6.45) is 1.24. The molecule has 1 unspecified atom stereocenters. The van der Waals surface area contributed by atoms with Gasteiger partial charge in [-0.25, -0.2) is 14.6 Å². The molecule has 0 aliphatic heterocycles. The van der Waals surface area contributed by atoms with Crippen molar-refractivity contribution in [2.24, 2.45) is 0 Å². The summed E-state index contributed by atoms with van der Waals surface area (Å²) < 4.78 is 8.86. The highest BCUT2D eigenvalue weighted by Gasteiger charge is 2.20. The number of aromatic nitrogens is 5. The minimum Gasteiger partial charge on any atom is -0.385 e. The number of hydrogen-bond donors (Lipinski definition) is 1. The molecule has 0 spiro atoms. The Hall–Kier alpha value is -2.25. The lowest BCUT2D eigenvalue weighted by atomic mass is 10.3. The average molecular weight is 301 g/mol. The second-order valence-electron chi connectivity index (χ2n) is 5.16. The van der Waals surface area contributed by atoms with Crippen molar-refractivity contribution in [2.45, 2.75) is 26.5 Å². The van der Waals surface area contributed by atoms with Gasteiger partial charge in [-0.05, 0) is 26.0 Å². The van der Waals surface area contributed by atoms with E-state index in [2.05, 4.69) is 15.1 Å². The van der Waals surface area contributed by atoms with Gasteiger partial charge < -0.3 is 14.2 Å². The van der Waals surface area contributed by atoms with Crippen molar-refractivity contribution in [2.75, 3.05) is 13.7 Å². The van der Waals surface area contributed by atoms with E-state index in [0.717, 1.165) is 17.0 Å². The highest BCUT2D eigenvalue weighted by Crippen LogP contribution is 2.23. The van der Waals surface area contributed by atoms with Crippen LogP contribution < -0.4 is 0 Å². The standard InChI is InChI=1S/C15H19N5O2/c1-10-13(16-12-6-4-5-7-19(10)12)15-17-14(11(2)21)18-20(15)8-9-22-3/h4-7,11,21H,8-9H2,1-3H3. The minimum atomic E-state index is -0.722. The maximum absolute atomic E-state index is 9.75. The van der Waals surface area contributed by atoms with E-state index in [0.29, 0.717) is 24.8 Å². The number of ether oxygens (including phenoxy) is 1. The summed E-state index contributed by atoms with van der Waals surface area (Å²) in [5, 5.41) is 14.1. The monoisotopic (exact) mass is 301 g/mol. The number of imidazole rings is 1. The molecular formula is C15H19N5O2. The summed E-state index contributed by atoms with van der Waals surface area (Å²) in [6.45, 7) is 4.71. The van der Waals surface area contributed by atoms with Gasteiger partial charge in [-0.2, -0.15) is 5.10 Å². The smallest absolute Gasteiger partial charge is 0.179 e. The van der Waals surface area contributed by atoms with E-state index in [9.17, 15) is 5.11 Å². The molecule has 3 rings (SSSR count). The molecule has 22 heavy (non-hydrogen) atoms. The Kier molecular flexibility index (Phi) is 3.91. The topological polar surface area (TPSA) is 77.5 Å². The number of methoxy groups -OCH3 is 1. The van der Waals surface area contributed by atoms with E-state index >= 15 is 0 Å². The predicted molar refractivity (Wildman–Crippen MR) is 81.5 cm³/mol. The summed E-state index contributed by atoms with van der Waals surface area (Å²) >= 11 is 0. The molecule has 3 aromatic heterocycles. The van der Waals surface area contributed by atoms with E-state index in [1.165, 1.54) is 0 Å². The molecule has 1 atom stereocenters. The molecule has 0 aromatic carbocycles. The van der Waals surface area contributed by atoms with Gasteiger partial charge in [0.2, 0.25) is 0 Å². The van der Waals surface area contributed by atoms with Gasteiger partial charge in [-0.1, -0.05) is 6.07 Å². The first-order valence-electron chi connectivity index (χ1n) is 7.17. The van der Waals surface area contributed by atoms with Crippen molar-refractivity contribution < 1.29 is 9.84 Å². The minimum absolute atomic E-state index is 0.391.